The number of nitrogens with zero attached hydrogens (tertiary/aromatic N) is 1. The average molecular weight is 186 g/mol. The lowest BCUT2D eigenvalue weighted by molar-refractivity contribution is 0.301. The van der Waals surface area contributed by atoms with Gasteiger partial charge in [0.2, 0.25) is 0 Å². The lowest BCUT2D eigenvalue weighted by atomic mass is 10.4. The summed E-state index contributed by atoms with van der Waals surface area (Å²) in [6, 6.07) is 0.879. The SMILES string of the molecule is C(CN1CCSCC1)NC1CC1. The van der Waals surface area contributed by atoms with Crippen LogP contribution in [0.1, 0.15) is 12.8 Å². The Morgan fingerprint density at radius 1 is 1.25 bits per heavy atom. The molecule has 0 spiro atoms. The topological polar surface area (TPSA) is 15.3 Å². The summed E-state index contributed by atoms with van der Waals surface area (Å²) in [5.41, 5.74) is 0. The summed E-state index contributed by atoms with van der Waals surface area (Å²) in [6.45, 7) is 5.07. The van der Waals surface area contributed by atoms with Crippen LogP contribution < -0.4 is 5.32 Å². The van der Waals surface area contributed by atoms with E-state index in [0.29, 0.717) is 0 Å². The van der Waals surface area contributed by atoms with Crippen LogP contribution in [-0.4, -0.2) is 48.6 Å². The summed E-state index contributed by atoms with van der Waals surface area (Å²) >= 11 is 2.09. The second kappa shape index (κ2) is 4.49. The third-order valence-electron chi connectivity index (χ3n) is 2.54. The Kier molecular flexibility index (Phi) is 3.31. The maximum atomic E-state index is 3.56. The van der Waals surface area contributed by atoms with Gasteiger partial charge in [-0.2, -0.15) is 11.8 Å². The van der Waals surface area contributed by atoms with Gasteiger partial charge in [-0.25, -0.2) is 0 Å². The minimum absolute atomic E-state index is 0.879. The van der Waals surface area contributed by atoms with E-state index < -0.39 is 0 Å². The Morgan fingerprint density at radius 3 is 2.67 bits per heavy atom. The molecule has 2 aliphatic rings. The van der Waals surface area contributed by atoms with Crippen LogP contribution in [0.25, 0.3) is 0 Å². The zero-order chi connectivity index (χ0) is 8.23. The van der Waals surface area contributed by atoms with Crippen molar-refractivity contribution < 1.29 is 0 Å². The van der Waals surface area contributed by atoms with Gasteiger partial charge in [0.05, 0.1) is 0 Å². The predicted octanol–water partition coefficient (Wildman–Crippen LogP) is 0.787. The number of thioether (sulfide) groups is 1. The molecule has 1 heterocycles. The summed E-state index contributed by atoms with van der Waals surface area (Å²) in [7, 11) is 0. The molecule has 1 saturated heterocycles. The van der Waals surface area contributed by atoms with Gasteiger partial charge in [-0.15, -0.1) is 0 Å². The van der Waals surface area contributed by atoms with Crippen molar-refractivity contribution in [2.75, 3.05) is 37.7 Å². The molecule has 70 valence electrons. The molecule has 2 fully saturated rings. The third-order valence-corrected chi connectivity index (χ3v) is 3.48. The van der Waals surface area contributed by atoms with E-state index in [1.165, 1.54) is 50.5 Å². The monoisotopic (exact) mass is 186 g/mol. The number of hydrogen-bond donors (Lipinski definition) is 1. The van der Waals surface area contributed by atoms with E-state index in [9.17, 15) is 0 Å². The average Bonchev–Trinajstić information content (AvgIpc) is 2.90. The number of hydrogen-bond acceptors (Lipinski definition) is 3. The largest absolute Gasteiger partial charge is 0.313 e. The third kappa shape index (κ3) is 2.96. The Hall–Kier alpha value is 0.270. The highest BCUT2D eigenvalue weighted by Gasteiger charge is 2.20. The fourth-order valence-corrected chi connectivity index (χ4v) is 2.52. The molecular weight excluding hydrogens is 168 g/mol. The molecule has 1 aliphatic carbocycles. The summed E-state index contributed by atoms with van der Waals surface area (Å²) < 4.78 is 0. The first-order chi connectivity index (χ1) is 5.95. The molecule has 0 radical (unpaired) electrons. The molecular formula is C9H18N2S. The van der Waals surface area contributed by atoms with Crippen molar-refractivity contribution >= 4 is 11.8 Å². The van der Waals surface area contributed by atoms with E-state index >= 15 is 0 Å². The zero-order valence-corrected chi connectivity index (χ0v) is 8.41. The molecule has 1 saturated carbocycles. The summed E-state index contributed by atoms with van der Waals surface area (Å²) in [5.74, 6) is 2.67. The summed E-state index contributed by atoms with van der Waals surface area (Å²) in [5, 5.41) is 3.56. The maximum Gasteiger partial charge on any atom is 0.0108 e. The van der Waals surface area contributed by atoms with Crippen molar-refractivity contribution in [2.24, 2.45) is 0 Å². The second-order valence-electron chi connectivity index (χ2n) is 3.68. The lowest BCUT2D eigenvalue weighted by Gasteiger charge is -2.26. The van der Waals surface area contributed by atoms with Crippen LogP contribution in [-0.2, 0) is 0 Å². The number of nitrogens with one attached hydrogen (secondary N) is 1. The molecule has 1 aliphatic heterocycles. The van der Waals surface area contributed by atoms with Crippen LogP contribution >= 0.6 is 11.8 Å². The summed E-state index contributed by atoms with van der Waals surface area (Å²) in [6.07, 6.45) is 2.83. The van der Waals surface area contributed by atoms with Gasteiger partial charge < -0.3 is 10.2 Å². The van der Waals surface area contributed by atoms with Crippen molar-refractivity contribution in [3.05, 3.63) is 0 Å². The molecule has 0 bridgehead atoms. The van der Waals surface area contributed by atoms with Gasteiger partial charge in [0.1, 0.15) is 0 Å². The van der Waals surface area contributed by atoms with Crippen LogP contribution in [0, 0.1) is 0 Å². The van der Waals surface area contributed by atoms with E-state index in [1.54, 1.807) is 0 Å². The van der Waals surface area contributed by atoms with Gasteiger partial charge in [0, 0.05) is 43.7 Å². The first kappa shape index (κ1) is 8.85. The van der Waals surface area contributed by atoms with Crippen LogP contribution in [0.3, 0.4) is 0 Å². The normalized spacial score (nSPS) is 26.0. The molecule has 0 amide bonds. The van der Waals surface area contributed by atoms with Crippen molar-refractivity contribution in [1.29, 1.82) is 0 Å². The van der Waals surface area contributed by atoms with Gasteiger partial charge in [0.15, 0.2) is 0 Å². The highest BCUT2D eigenvalue weighted by atomic mass is 32.2. The standard InChI is InChI=1S/C9H18N2S/c1-2-9(1)10-3-4-11-5-7-12-8-6-11/h9-10H,1-8H2. The van der Waals surface area contributed by atoms with E-state index in [2.05, 4.69) is 22.0 Å². The quantitative estimate of drug-likeness (QED) is 0.699. The van der Waals surface area contributed by atoms with Gasteiger partial charge in [-0.05, 0) is 12.8 Å². The Balaban J connectivity index is 1.52. The van der Waals surface area contributed by atoms with Crippen LogP contribution in [0.2, 0.25) is 0 Å². The molecule has 0 aromatic heterocycles. The van der Waals surface area contributed by atoms with E-state index in [-0.39, 0.29) is 0 Å². The van der Waals surface area contributed by atoms with Crippen molar-refractivity contribution in [3.8, 4) is 0 Å². The van der Waals surface area contributed by atoms with Gasteiger partial charge in [-0.1, -0.05) is 0 Å². The highest BCUT2D eigenvalue weighted by Crippen LogP contribution is 2.18. The fourth-order valence-electron chi connectivity index (χ4n) is 1.54. The van der Waals surface area contributed by atoms with Crippen molar-refractivity contribution in [3.63, 3.8) is 0 Å². The van der Waals surface area contributed by atoms with Gasteiger partial charge in [-0.3, -0.25) is 0 Å². The minimum Gasteiger partial charge on any atom is -0.313 e. The zero-order valence-electron chi connectivity index (χ0n) is 7.59. The molecule has 0 aromatic rings. The fraction of sp³-hybridized carbons (Fsp3) is 1.00. The summed E-state index contributed by atoms with van der Waals surface area (Å²) in [4.78, 5) is 2.58. The first-order valence-corrected chi connectivity index (χ1v) is 6.14. The minimum atomic E-state index is 0.879. The van der Waals surface area contributed by atoms with Gasteiger partial charge in [0.25, 0.3) is 0 Å². The molecule has 0 unspecified atom stereocenters. The molecule has 3 heteroatoms. The Morgan fingerprint density at radius 2 is 2.00 bits per heavy atom. The number of rotatable bonds is 4. The second-order valence-corrected chi connectivity index (χ2v) is 4.91. The highest BCUT2D eigenvalue weighted by molar-refractivity contribution is 7.99. The van der Waals surface area contributed by atoms with Gasteiger partial charge >= 0.3 is 0 Å². The smallest absolute Gasteiger partial charge is 0.0108 e. The van der Waals surface area contributed by atoms with E-state index in [1.807, 2.05) is 0 Å². The maximum absolute atomic E-state index is 3.56. The van der Waals surface area contributed by atoms with E-state index in [0.717, 1.165) is 6.04 Å². The Bertz CT molecular complexity index is 130. The molecule has 0 aromatic carbocycles. The molecule has 12 heavy (non-hydrogen) atoms. The molecule has 0 atom stereocenters. The van der Waals surface area contributed by atoms with Crippen LogP contribution in [0.5, 0.6) is 0 Å². The molecule has 2 rings (SSSR count). The van der Waals surface area contributed by atoms with Crippen molar-refractivity contribution in [1.82, 2.24) is 10.2 Å². The first-order valence-electron chi connectivity index (χ1n) is 4.98. The lowest BCUT2D eigenvalue weighted by Crippen LogP contribution is -2.38. The predicted molar refractivity (Wildman–Crippen MR) is 54.8 cm³/mol. The molecule has 1 N–H and O–H groups in total. The van der Waals surface area contributed by atoms with Crippen LogP contribution in [0.4, 0.5) is 0 Å². The molecule has 2 nitrogen and oxygen atoms in total. The van der Waals surface area contributed by atoms with Crippen molar-refractivity contribution in [2.45, 2.75) is 18.9 Å². The van der Waals surface area contributed by atoms with Crippen LogP contribution in [0.15, 0.2) is 0 Å². The Labute approximate surface area is 79.1 Å². The van der Waals surface area contributed by atoms with E-state index in [4.69, 9.17) is 0 Å².